The number of carbonyl (C=O) groups is 1. The van der Waals surface area contributed by atoms with Crippen LogP contribution in [0, 0.1) is 6.92 Å². The Balaban J connectivity index is 2.70. The molecule has 0 aromatic heterocycles. The molecule has 0 unspecified atom stereocenters. The smallest absolute Gasteiger partial charge is 0.253 e. The first kappa shape index (κ1) is 15.5. The molecule has 0 radical (unpaired) electrons. The van der Waals surface area contributed by atoms with Gasteiger partial charge in [0.25, 0.3) is 5.91 Å². The summed E-state index contributed by atoms with van der Waals surface area (Å²) in [5, 5.41) is 3.24. The predicted molar refractivity (Wildman–Crippen MR) is 78.8 cm³/mol. The largest absolute Gasteiger partial charge is 0.385 e. The van der Waals surface area contributed by atoms with E-state index in [1.807, 2.05) is 32.2 Å². The van der Waals surface area contributed by atoms with Crippen molar-refractivity contribution in [1.29, 1.82) is 0 Å². The van der Waals surface area contributed by atoms with E-state index < -0.39 is 0 Å². The van der Waals surface area contributed by atoms with E-state index in [2.05, 4.69) is 12.2 Å². The Morgan fingerprint density at radius 2 is 2.16 bits per heavy atom. The Bertz CT molecular complexity index is 419. The third-order valence-corrected chi connectivity index (χ3v) is 3.03. The minimum atomic E-state index is 0.0663. The maximum absolute atomic E-state index is 12.3. The van der Waals surface area contributed by atoms with Gasteiger partial charge < -0.3 is 15.0 Å². The fraction of sp³-hybridized carbons (Fsp3) is 0.533. The van der Waals surface area contributed by atoms with Crippen molar-refractivity contribution in [2.45, 2.75) is 20.3 Å². The molecule has 0 fully saturated rings. The van der Waals surface area contributed by atoms with E-state index in [1.165, 1.54) is 0 Å². The molecule has 0 aliphatic rings. The lowest BCUT2D eigenvalue weighted by Gasteiger charge is -2.18. The number of nitrogens with zero attached hydrogens (tertiary/aromatic N) is 1. The molecule has 4 nitrogen and oxygen atoms in total. The first-order valence-corrected chi connectivity index (χ1v) is 6.69. The number of aryl methyl sites for hydroxylation is 1. The second-order valence-electron chi connectivity index (χ2n) is 4.63. The number of amides is 1. The molecule has 0 saturated carbocycles. The quantitative estimate of drug-likeness (QED) is 0.769. The first-order chi connectivity index (χ1) is 9.10. The minimum Gasteiger partial charge on any atom is -0.385 e. The zero-order valence-corrected chi connectivity index (χ0v) is 12.3. The Labute approximate surface area is 115 Å². The zero-order chi connectivity index (χ0) is 14.3. The highest BCUT2D eigenvalue weighted by atomic mass is 16.5. The summed E-state index contributed by atoms with van der Waals surface area (Å²) < 4.78 is 5.00. The fourth-order valence-electron chi connectivity index (χ4n) is 1.97. The van der Waals surface area contributed by atoms with Crippen LogP contribution in [-0.2, 0) is 4.74 Å². The van der Waals surface area contributed by atoms with Gasteiger partial charge in [-0.2, -0.15) is 0 Å². The van der Waals surface area contributed by atoms with E-state index in [9.17, 15) is 4.79 Å². The molecule has 0 atom stereocenters. The third kappa shape index (κ3) is 4.56. The van der Waals surface area contributed by atoms with Crippen molar-refractivity contribution in [3.8, 4) is 0 Å². The second kappa shape index (κ2) is 7.79. The summed E-state index contributed by atoms with van der Waals surface area (Å²) in [5.74, 6) is 0.0663. The molecule has 0 spiro atoms. The molecule has 0 aliphatic heterocycles. The van der Waals surface area contributed by atoms with E-state index in [-0.39, 0.29) is 5.91 Å². The number of anilines is 1. The van der Waals surface area contributed by atoms with Crippen LogP contribution >= 0.6 is 0 Å². The fourth-order valence-corrected chi connectivity index (χ4v) is 1.97. The number of hydrogen-bond acceptors (Lipinski definition) is 3. The lowest BCUT2D eigenvalue weighted by molar-refractivity contribution is 0.0778. The summed E-state index contributed by atoms with van der Waals surface area (Å²) in [6.07, 6.45) is 0.854. The van der Waals surface area contributed by atoms with Gasteiger partial charge in [0.05, 0.1) is 0 Å². The number of hydrogen-bond donors (Lipinski definition) is 1. The maximum Gasteiger partial charge on any atom is 0.253 e. The van der Waals surface area contributed by atoms with Gasteiger partial charge in [-0.1, -0.05) is 0 Å². The lowest BCUT2D eigenvalue weighted by Crippen LogP contribution is -2.29. The van der Waals surface area contributed by atoms with Crippen LogP contribution in [0.1, 0.15) is 29.3 Å². The maximum atomic E-state index is 12.3. The van der Waals surface area contributed by atoms with Crippen LogP contribution in [-0.4, -0.2) is 44.7 Å². The molecular formula is C15H24N2O2. The molecule has 0 aliphatic carbocycles. The molecule has 0 bridgehead atoms. The minimum absolute atomic E-state index is 0.0663. The van der Waals surface area contributed by atoms with Crippen molar-refractivity contribution >= 4 is 11.6 Å². The van der Waals surface area contributed by atoms with E-state index >= 15 is 0 Å². The van der Waals surface area contributed by atoms with Crippen LogP contribution in [0.25, 0.3) is 0 Å². The number of rotatable bonds is 7. The number of carbonyl (C=O) groups excluding carboxylic acids is 1. The van der Waals surface area contributed by atoms with E-state index in [4.69, 9.17) is 4.74 Å². The van der Waals surface area contributed by atoms with Crippen LogP contribution in [0.3, 0.4) is 0 Å². The van der Waals surface area contributed by atoms with Crippen molar-refractivity contribution in [1.82, 2.24) is 4.90 Å². The number of methoxy groups -OCH3 is 1. The molecule has 1 aromatic rings. The average molecular weight is 264 g/mol. The SMILES string of the molecule is CCNc1ccc(C(=O)N(C)CCCOC)c(C)c1. The average Bonchev–Trinajstić information content (AvgIpc) is 2.39. The Morgan fingerprint density at radius 1 is 1.42 bits per heavy atom. The first-order valence-electron chi connectivity index (χ1n) is 6.69. The van der Waals surface area contributed by atoms with Gasteiger partial charge in [-0.05, 0) is 44.0 Å². The Morgan fingerprint density at radius 3 is 2.74 bits per heavy atom. The molecule has 0 heterocycles. The van der Waals surface area contributed by atoms with Crippen molar-refractivity contribution in [2.75, 3.05) is 39.2 Å². The van der Waals surface area contributed by atoms with Gasteiger partial charge in [-0.3, -0.25) is 4.79 Å². The summed E-state index contributed by atoms with van der Waals surface area (Å²) in [4.78, 5) is 14.0. The van der Waals surface area contributed by atoms with Crippen LogP contribution in [0.15, 0.2) is 18.2 Å². The van der Waals surface area contributed by atoms with Gasteiger partial charge in [0.2, 0.25) is 0 Å². The Kier molecular flexibility index (Phi) is 6.36. The molecule has 106 valence electrons. The highest BCUT2D eigenvalue weighted by molar-refractivity contribution is 5.95. The van der Waals surface area contributed by atoms with Gasteiger partial charge >= 0.3 is 0 Å². The van der Waals surface area contributed by atoms with Crippen molar-refractivity contribution in [3.63, 3.8) is 0 Å². The lowest BCUT2D eigenvalue weighted by atomic mass is 10.1. The highest BCUT2D eigenvalue weighted by Crippen LogP contribution is 2.16. The highest BCUT2D eigenvalue weighted by Gasteiger charge is 2.13. The molecular weight excluding hydrogens is 240 g/mol. The van der Waals surface area contributed by atoms with Crippen LogP contribution < -0.4 is 5.32 Å². The second-order valence-corrected chi connectivity index (χ2v) is 4.63. The van der Waals surface area contributed by atoms with E-state index in [0.717, 1.165) is 29.8 Å². The summed E-state index contributed by atoms with van der Waals surface area (Å²) in [7, 11) is 3.50. The van der Waals surface area contributed by atoms with Gasteiger partial charge in [0, 0.05) is 45.1 Å². The monoisotopic (exact) mass is 264 g/mol. The predicted octanol–water partition coefficient (Wildman–Crippen LogP) is 2.54. The topological polar surface area (TPSA) is 41.6 Å². The van der Waals surface area contributed by atoms with Crippen LogP contribution in [0.2, 0.25) is 0 Å². The molecule has 4 heteroatoms. The molecule has 19 heavy (non-hydrogen) atoms. The van der Waals surface area contributed by atoms with Gasteiger partial charge in [-0.15, -0.1) is 0 Å². The number of benzene rings is 1. The Hall–Kier alpha value is -1.55. The summed E-state index contributed by atoms with van der Waals surface area (Å²) in [6.45, 7) is 6.29. The molecule has 0 saturated heterocycles. The van der Waals surface area contributed by atoms with Crippen molar-refractivity contribution in [3.05, 3.63) is 29.3 Å². The molecule has 1 aromatic carbocycles. The summed E-state index contributed by atoms with van der Waals surface area (Å²) in [6, 6.07) is 5.86. The van der Waals surface area contributed by atoms with Crippen molar-refractivity contribution < 1.29 is 9.53 Å². The standard InChI is InChI=1S/C15H24N2O2/c1-5-16-13-7-8-14(12(2)11-13)15(18)17(3)9-6-10-19-4/h7-8,11,16H,5-6,9-10H2,1-4H3. The van der Waals surface area contributed by atoms with Crippen LogP contribution in [0.5, 0.6) is 0 Å². The molecule has 1 rings (SSSR count). The number of nitrogens with one attached hydrogen (secondary N) is 1. The molecule has 1 amide bonds. The summed E-state index contributed by atoms with van der Waals surface area (Å²) in [5.41, 5.74) is 2.82. The zero-order valence-electron chi connectivity index (χ0n) is 12.3. The van der Waals surface area contributed by atoms with E-state index in [0.29, 0.717) is 13.2 Å². The van der Waals surface area contributed by atoms with Gasteiger partial charge in [0.1, 0.15) is 0 Å². The third-order valence-electron chi connectivity index (χ3n) is 3.03. The van der Waals surface area contributed by atoms with Crippen LogP contribution in [0.4, 0.5) is 5.69 Å². The van der Waals surface area contributed by atoms with Gasteiger partial charge in [-0.25, -0.2) is 0 Å². The molecule has 1 N–H and O–H groups in total. The van der Waals surface area contributed by atoms with E-state index in [1.54, 1.807) is 12.0 Å². The van der Waals surface area contributed by atoms with Gasteiger partial charge in [0.15, 0.2) is 0 Å². The normalized spacial score (nSPS) is 10.3. The number of ether oxygens (including phenoxy) is 1. The van der Waals surface area contributed by atoms with Crippen molar-refractivity contribution in [2.24, 2.45) is 0 Å². The summed E-state index contributed by atoms with van der Waals surface area (Å²) >= 11 is 0.